The van der Waals surface area contributed by atoms with E-state index in [9.17, 15) is 13.2 Å². The summed E-state index contributed by atoms with van der Waals surface area (Å²) in [6.07, 6.45) is 1.78. The number of carbonyl (C=O) groups excluding carboxylic acids is 1. The largest absolute Gasteiger partial charge is 0.396 e. The van der Waals surface area contributed by atoms with E-state index in [1.807, 2.05) is 6.92 Å². The number of sulfonamides is 1. The minimum absolute atomic E-state index is 0.0185. The zero-order chi connectivity index (χ0) is 14.2. The molecule has 0 rings (SSSR count). The van der Waals surface area contributed by atoms with Crippen LogP contribution in [0.5, 0.6) is 0 Å². The fraction of sp³-hybridized carbons (Fsp3) is 0.909. The summed E-state index contributed by atoms with van der Waals surface area (Å²) in [6.45, 7) is 5.18. The third kappa shape index (κ3) is 7.62. The zero-order valence-electron chi connectivity index (χ0n) is 11.3. The summed E-state index contributed by atoms with van der Waals surface area (Å²) < 4.78 is 25.3. The van der Waals surface area contributed by atoms with E-state index in [2.05, 4.69) is 10.0 Å². The lowest BCUT2D eigenvalue weighted by Gasteiger charge is -2.18. The van der Waals surface area contributed by atoms with Gasteiger partial charge in [-0.05, 0) is 33.1 Å². The molecule has 7 heteroatoms. The standard InChI is InChI=1S/C11H24N2O4S/c1-4-8-18(16,17)13-10(3)11(15)12-9(2)6-5-7-14/h9-10,13-14H,4-8H2,1-3H3,(H,12,15). The summed E-state index contributed by atoms with van der Waals surface area (Å²) in [5.41, 5.74) is 0. The van der Waals surface area contributed by atoms with Gasteiger partial charge in [0, 0.05) is 12.6 Å². The maximum atomic E-state index is 11.7. The van der Waals surface area contributed by atoms with Gasteiger partial charge in [-0.2, -0.15) is 0 Å². The highest BCUT2D eigenvalue weighted by Crippen LogP contribution is 1.97. The molecule has 0 aliphatic rings. The molecule has 0 aromatic carbocycles. The van der Waals surface area contributed by atoms with E-state index in [0.29, 0.717) is 19.3 Å². The first-order valence-corrected chi connectivity index (χ1v) is 7.88. The van der Waals surface area contributed by atoms with Crippen LogP contribution in [-0.4, -0.2) is 43.9 Å². The van der Waals surface area contributed by atoms with E-state index < -0.39 is 16.1 Å². The van der Waals surface area contributed by atoms with Gasteiger partial charge in [0.1, 0.15) is 0 Å². The summed E-state index contributed by atoms with van der Waals surface area (Å²) in [4.78, 5) is 11.7. The van der Waals surface area contributed by atoms with Gasteiger partial charge in [-0.25, -0.2) is 13.1 Å². The van der Waals surface area contributed by atoms with Crippen LogP contribution in [0.25, 0.3) is 0 Å². The Balaban J connectivity index is 4.18. The van der Waals surface area contributed by atoms with Gasteiger partial charge in [0.25, 0.3) is 0 Å². The van der Waals surface area contributed by atoms with Crippen LogP contribution in [0, 0.1) is 0 Å². The number of amides is 1. The van der Waals surface area contributed by atoms with Crippen LogP contribution in [0.1, 0.15) is 40.0 Å². The van der Waals surface area contributed by atoms with Gasteiger partial charge >= 0.3 is 0 Å². The van der Waals surface area contributed by atoms with Crippen LogP contribution in [0.2, 0.25) is 0 Å². The van der Waals surface area contributed by atoms with E-state index in [-0.39, 0.29) is 24.3 Å². The second kappa shape index (κ2) is 8.44. The minimum atomic E-state index is -3.38. The van der Waals surface area contributed by atoms with Crippen molar-refractivity contribution in [1.82, 2.24) is 10.0 Å². The number of hydrogen-bond donors (Lipinski definition) is 3. The van der Waals surface area contributed by atoms with Crippen molar-refractivity contribution in [2.24, 2.45) is 0 Å². The Bertz CT molecular complexity index is 343. The summed E-state index contributed by atoms with van der Waals surface area (Å²) in [7, 11) is -3.38. The average molecular weight is 280 g/mol. The Hall–Kier alpha value is -0.660. The Morgan fingerprint density at radius 3 is 2.44 bits per heavy atom. The third-order valence-electron chi connectivity index (χ3n) is 2.41. The topological polar surface area (TPSA) is 95.5 Å². The van der Waals surface area contributed by atoms with Crippen LogP contribution in [-0.2, 0) is 14.8 Å². The van der Waals surface area contributed by atoms with Crippen LogP contribution in [0.4, 0.5) is 0 Å². The van der Waals surface area contributed by atoms with Gasteiger partial charge in [0.05, 0.1) is 11.8 Å². The van der Waals surface area contributed by atoms with Crippen LogP contribution in [0.3, 0.4) is 0 Å². The first kappa shape index (κ1) is 17.3. The van der Waals surface area contributed by atoms with Crippen LogP contribution < -0.4 is 10.0 Å². The molecule has 0 saturated heterocycles. The van der Waals surface area contributed by atoms with E-state index in [0.717, 1.165) is 0 Å². The van der Waals surface area contributed by atoms with E-state index in [1.165, 1.54) is 6.92 Å². The molecule has 6 nitrogen and oxygen atoms in total. The molecule has 0 aromatic heterocycles. The van der Waals surface area contributed by atoms with Gasteiger partial charge in [0.2, 0.25) is 15.9 Å². The van der Waals surface area contributed by atoms with Crippen molar-refractivity contribution in [3.8, 4) is 0 Å². The second-order valence-corrected chi connectivity index (χ2v) is 6.31. The molecule has 0 radical (unpaired) electrons. The van der Waals surface area contributed by atoms with Crippen LogP contribution >= 0.6 is 0 Å². The van der Waals surface area contributed by atoms with Gasteiger partial charge in [-0.3, -0.25) is 4.79 Å². The molecule has 3 N–H and O–H groups in total. The second-order valence-electron chi connectivity index (χ2n) is 4.43. The quantitative estimate of drug-likeness (QED) is 0.553. The molecule has 0 aromatic rings. The normalized spacial score (nSPS) is 15.1. The summed E-state index contributed by atoms with van der Waals surface area (Å²) >= 11 is 0. The molecule has 2 atom stereocenters. The van der Waals surface area contributed by atoms with Gasteiger partial charge < -0.3 is 10.4 Å². The van der Waals surface area contributed by atoms with Crippen molar-refractivity contribution in [2.45, 2.75) is 52.1 Å². The molecular formula is C11H24N2O4S. The van der Waals surface area contributed by atoms with Crippen molar-refractivity contribution < 1.29 is 18.3 Å². The molecule has 0 spiro atoms. The Morgan fingerprint density at radius 1 is 1.33 bits per heavy atom. The van der Waals surface area contributed by atoms with Gasteiger partial charge in [-0.15, -0.1) is 0 Å². The molecule has 0 fully saturated rings. The number of aliphatic hydroxyl groups is 1. The molecule has 0 aliphatic carbocycles. The molecule has 18 heavy (non-hydrogen) atoms. The maximum absolute atomic E-state index is 11.7. The number of nitrogens with one attached hydrogen (secondary N) is 2. The number of aliphatic hydroxyl groups excluding tert-OH is 1. The Kier molecular flexibility index (Phi) is 8.13. The molecule has 108 valence electrons. The Labute approximate surface area is 109 Å². The van der Waals surface area contributed by atoms with Gasteiger partial charge in [-0.1, -0.05) is 6.92 Å². The fourth-order valence-electron chi connectivity index (χ4n) is 1.49. The number of hydrogen-bond acceptors (Lipinski definition) is 4. The van der Waals surface area contributed by atoms with Crippen molar-refractivity contribution in [3.05, 3.63) is 0 Å². The third-order valence-corrected chi connectivity index (χ3v) is 4.06. The lowest BCUT2D eigenvalue weighted by Crippen LogP contribution is -2.47. The number of rotatable bonds is 9. The van der Waals surface area contributed by atoms with Crippen LogP contribution in [0.15, 0.2) is 0 Å². The van der Waals surface area contributed by atoms with E-state index >= 15 is 0 Å². The molecule has 0 bridgehead atoms. The lowest BCUT2D eigenvalue weighted by molar-refractivity contribution is -0.123. The van der Waals surface area contributed by atoms with Gasteiger partial charge in [0.15, 0.2) is 0 Å². The average Bonchev–Trinajstić information content (AvgIpc) is 2.25. The van der Waals surface area contributed by atoms with Crippen molar-refractivity contribution >= 4 is 15.9 Å². The van der Waals surface area contributed by atoms with Crippen molar-refractivity contribution in [2.75, 3.05) is 12.4 Å². The first-order chi connectivity index (χ1) is 8.32. The van der Waals surface area contributed by atoms with E-state index in [4.69, 9.17) is 5.11 Å². The lowest BCUT2D eigenvalue weighted by atomic mass is 10.2. The maximum Gasteiger partial charge on any atom is 0.238 e. The zero-order valence-corrected chi connectivity index (χ0v) is 12.1. The fourth-order valence-corrected chi connectivity index (χ4v) is 2.79. The summed E-state index contributed by atoms with van der Waals surface area (Å²) in [6, 6.07) is -0.860. The van der Waals surface area contributed by atoms with E-state index in [1.54, 1.807) is 6.92 Å². The summed E-state index contributed by atoms with van der Waals surface area (Å²) in [5.74, 6) is -0.329. The minimum Gasteiger partial charge on any atom is -0.396 e. The predicted molar refractivity (Wildman–Crippen MR) is 70.6 cm³/mol. The van der Waals surface area contributed by atoms with Crippen molar-refractivity contribution in [1.29, 1.82) is 0 Å². The first-order valence-electron chi connectivity index (χ1n) is 6.23. The highest BCUT2D eigenvalue weighted by molar-refractivity contribution is 7.89. The molecular weight excluding hydrogens is 256 g/mol. The highest BCUT2D eigenvalue weighted by atomic mass is 32.2. The molecule has 1 amide bonds. The SMILES string of the molecule is CCCS(=O)(=O)NC(C)C(=O)NC(C)CCCO. The molecule has 0 saturated carbocycles. The number of carbonyl (C=O) groups is 1. The molecule has 2 unspecified atom stereocenters. The predicted octanol–water partition coefficient (Wildman–Crippen LogP) is -0.0185. The summed E-state index contributed by atoms with van der Waals surface area (Å²) in [5, 5.41) is 11.4. The van der Waals surface area contributed by atoms with Crippen molar-refractivity contribution in [3.63, 3.8) is 0 Å². The highest BCUT2D eigenvalue weighted by Gasteiger charge is 2.20. The molecule has 0 heterocycles. The molecule has 0 aliphatic heterocycles. The smallest absolute Gasteiger partial charge is 0.238 e. The monoisotopic (exact) mass is 280 g/mol. The Morgan fingerprint density at radius 2 is 1.94 bits per heavy atom.